The van der Waals surface area contributed by atoms with E-state index < -0.39 is 76.2 Å². The van der Waals surface area contributed by atoms with Crippen molar-refractivity contribution in [2.45, 2.75) is 126 Å². The van der Waals surface area contributed by atoms with Gasteiger partial charge in [0.05, 0.1) is 12.1 Å². The Morgan fingerprint density at radius 3 is 2.04 bits per heavy atom. The molecule has 13 heteroatoms. The fourth-order valence-corrected chi connectivity index (χ4v) is 6.19. The molecule has 5 N–H and O–H groups in total. The molecular weight excluding hydrogens is 616 g/mol. The maximum Gasteiger partial charge on any atom is 0.407 e. The summed E-state index contributed by atoms with van der Waals surface area (Å²) in [4.78, 5) is 80.9. The van der Waals surface area contributed by atoms with Crippen molar-refractivity contribution >= 4 is 35.6 Å². The number of rotatable bonds is 13. The zero-order chi connectivity index (χ0) is 37.0. The quantitative estimate of drug-likeness (QED) is 0.147. The van der Waals surface area contributed by atoms with Crippen molar-refractivity contribution in [3.05, 3.63) is 12.7 Å². The molecule has 1 saturated heterocycles. The van der Waals surface area contributed by atoms with Crippen molar-refractivity contribution in [2.24, 2.45) is 28.1 Å². The fraction of sp³-hybridized carbons (Fsp3) is 0.771. The zero-order valence-corrected chi connectivity index (χ0v) is 31.1. The molecule has 2 rings (SSSR count). The number of amides is 6. The lowest BCUT2D eigenvalue weighted by molar-refractivity contribution is -0.145. The van der Waals surface area contributed by atoms with Crippen LogP contribution in [0.5, 0.6) is 0 Å². The molecule has 0 aromatic carbocycles. The van der Waals surface area contributed by atoms with Gasteiger partial charge in [-0.15, -0.1) is 6.58 Å². The molecule has 272 valence electrons. The van der Waals surface area contributed by atoms with Crippen LogP contribution >= 0.6 is 0 Å². The van der Waals surface area contributed by atoms with E-state index in [0.29, 0.717) is 13.0 Å². The third-order valence-electron chi connectivity index (χ3n) is 9.20. The van der Waals surface area contributed by atoms with Gasteiger partial charge in [0.2, 0.25) is 17.6 Å². The number of alkyl carbamates (subject to hydrolysis) is 1. The van der Waals surface area contributed by atoms with E-state index in [1.165, 1.54) is 11.0 Å². The number of likely N-dealkylation sites (tertiary alicyclic amines) is 1. The van der Waals surface area contributed by atoms with Crippen LogP contribution in [0.15, 0.2) is 12.7 Å². The molecule has 0 aromatic rings. The fourth-order valence-electron chi connectivity index (χ4n) is 6.19. The number of urea groups is 1. The second-order valence-corrected chi connectivity index (χ2v) is 16.9. The summed E-state index contributed by atoms with van der Waals surface area (Å²) in [7, 11) is 0. The first-order valence-electron chi connectivity index (χ1n) is 16.9. The third kappa shape index (κ3) is 10.4. The van der Waals surface area contributed by atoms with E-state index in [1.807, 2.05) is 83.1 Å². The molecule has 1 unspecified atom stereocenters. The first-order chi connectivity index (χ1) is 21.9. The largest absolute Gasteiger partial charge is 0.447 e. The first kappa shape index (κ1) is 40.5. The number of carbonyl (C=O) groups excluding carboxylic acids is 6. The minimum absolute atomic E-state index is 0.0597. The van der Waals surface area contributed by atoms with Crippen LogP contribution in [0.3, 0.4) is 0 Å². The van der Waals surface area contributed by atoms with E-state index >= 15 is 0 Å². The number of ether oxygens (including phenoxy) is 1. The van der Waals surface area contributed by atoms with Crippen molar-refractivity contribution in [3.8, 4) is 0 Å². The molecule has 0 aromatic heterocycles. The number of hydrogen-bond acceptors (Lipinski definition) is 7. The highest BCUT2D eigenvalue weighted by Gasteiger charge is 2.70. The molecule has 1 aliphatic carbocycles. The van der Waals surface area contributed by atoms with Gasteiger partial charge in [0.15, 0.2) is 0 Å². The Hall–Kier alpha value is -3.64. The van der Waals surface area contributed by atoms with E-state index in [9.17, 15) is 28.8 Å². The predicted octanol–water partition coefficient (Wildman–Crippen LogP) is 3.28. The third-order valence-corrected chi connectivity index (χ3v) is 9.20. The first-order valence-corrected chi connectivity index (χ1v) is 16.9. The summed E-state index contributed by atoms with van der Waals surface area (Å²) in [5.74, 6) is -2.58. The van der Waals surface area contributed by atoms with Gasteiger partial charge >= 0.3 is 12.1 Å². The Morgan fingerprint density at radius 2 is 1.54 bits per heavy atom. The van der Waals surface area contributed by atoms with Crippen LogP contribution in [-0.4, -0.2) is 89.9 Å². The van der Waals surface area contributed by atoms with Gasteiger partial charge in [-0.3, -0.25) is 19.2 Å². The zero-order valence-electron chi connectivity index (χ0n) is 31.1. The summed E-state index contributed by atoms with van der Waals surface area (Å²) >= 11 is 0. The lowest BCUT2D eigenvalue weighted by atomic mass is 9.85. The van der Waals surface area contributed by atoms with Crippen molar-refractivity contribution in [3.63, 3.8) is 0 Å². The summed E-state index contributed by atoms with van der Waals surface area (Å²) in [6, 6.07) is -4.15. The van der Waals surface area contributed by atoms with E-state index in [2.05, 4.69) is 33.2 Å². The lowest BCUT2D eigenvalue weighted by Gasteiger charge is -2.38. The summed E-state index contributed by atoms with van der Waals surface area (Å²) in [5.41, 5.74) is -1.94. The maximum absolute atomic E-state index is 14.3. The minimum Gasteiger partial charge on any atom is -0.447 e. The van der Waals surface area contributed by atoms with Crippen molar-refractivity contribution < 1.29 is 33.5 Å². The Labute approximate surface area is 286 Å². The molecule has 6 atom stereocenters. The van der Waals surface area contributed by atoms with E-state index in [4.69, 9.17) is 4.74 Å². The smallest absolute Gasteiger partial charge is 0.407 e. The van der Waals surface area contributed by atoms with Crippen LogP contribution in [-0.2, 0) is 23.9 Å². The van der Waals surface area contributed by atoms with Gasteiger partial charge in [-0.1, -0.05) is 74.8 Å². The number of hydrogen-bond donors (Lipinski definition) is 5. The van der Waals surface area contributed by atoms with E-state index in [1.54, 1.807) is 0 Å². The van der Waals surface area contributed by atoms with Gasteiger partial charge in [-0.2, -0.15) is 0 Å². The van der Waals surface area contributed by atoms with Gasteiger partial charge in [0, 0.05) is 18.6 Å². The average Bonchev–Trinajstić information content (AvgIpc) is 3.25. The van der Waals surface area contributed by atoms with E-state index in [0.717, 1.165) is 0 Å². The molecule has 6 amide bonds. The number of Topliss-reactive ketones (excluding diaryl/α,β-unsaturated/α-hetero) is 1. The van der Waals surface area contributed by atoms with Crippen LogP contribution in [0.25, 0.3) is 0 Å². The molecule has 2 aliphatic rings. The van der Waals surface area contributed by atoms with Crippen LogP contribution in [0.2, 0.25) is 0 Å². The predicted molar refractivity (Wildman–Crippen MR) is 184 cm³/mol. The Balaban J connectivity index is 2.28. The summed E-state index contributed by atoms with van der Waals surface area (Å²) in [5, 5.41) is 13.7. The second kappa shape index (κ2) is 15.3. The van der Waals surface area contributed by atoms with Crippen molar-refractivity contribution in [1.29, 1.82) is 0 Å². The van der Waals surface area contributed by atoms with Crippen LogP contribution in [0.1, 0.15) is 95.9 Å². The molecule has 1 aliphatic heterocycles. The molecule has 0 radical (unpaired) electrons. The minimum atomic E-state index is -1.05. The maximum atomic E-state index is 14.3. The monoisotopic (exact) mass is 676 g/mol. The number of ketones is 1. The number of nitrogens with one attached hydrogen (secondary N) is 5. The number of carbonyl (C=O) groups is 6. The molecular formula is C35H60N6O7. The van der Waals surface area contributed by atoms with Crippen LogP contribution in [0.4, 0.5) is 9.59 Å². The van der Waals surface area contributed by atoms with E-state index in [-0.39, 0.29) is 36.8 Å². The van der Waals surface area contributed by atoms with Crippen molar-refractivity contribution in [2.75, 3.05) is 19.7 Å². The summed E-state index contributed by atoms with van der Waals surface area (Å²) in [6.07, 6.45) is 1.65. The normalized spacial score (nSPS) is 21.8. The average molecular weight is 677 g/mol. The molecule has 48 heavy (non-hydrogen) atoms. The highest BCUT2D eigenvalue weighted by atomic mass is 16.5. The van der Waals surface area contributed by atoms with Gasteiger partial charge in [0.25, 0.3) is 5.91 Å². The molecule has 1 heterocycles. The Bertz CT molecular complexity index is 1240. The van der Waals surface area contributed by atoms with Crippen molar-refractivity contribution in [1.82, 2.24) is 31.5 Å². The molecule has 13 nitrogen and oxygen atoms in total. The SMILES string of the molecule is C=CCNC(=O)C(=O)C(CCC)NC(=O)[C@@H]1[C@@H]2[C@H](CN1C(=O)[C@@H](NC(=O)N[C@H](COC(=O)NC(C)(C)C)C(C)(C)C)C(C)(C)C)C2(C)C. The number of fused-ring (bicyclic) bond motifs is 1. The molecule has 1 saturated carbocycles. The highest BCUT2D eigenvalue weighted by molar-refractivity contribution is 6.38. The van der Waals surface area contributed by atoms with Gasteiger partial charge in [-0.25, -0.2) is 9.59 Å². The Kier molecular flexibility index (Phi) is 12.9. The molecule has 0 spiro atoms. The topological polar surface area (TPSA) is 175 Å². The highest BCUT2D eigenvalue weighted by Crippen LogP contribution is 2.65. The van der Waals surface area contributed by atoms with Crippen LogP contribution < -0.4 is 26.6 Å². The standard InChI is InChI=1S/C35H60N6O7/c1-14-16-21(25(42)28(44)36-17-15-2)37-27(43)24-23-20(35(23,12)13)18-41(24)29(45)26(33(6,7)8)39-30(46)38-22(32(3,4)5)19-48-31(47)40-34(9,10)11/h15,20-24,26H,2,14,16-19H2,1,3-13H3,(H,36,44)(H,37,43)(H,40,47)(H2,38,39,46)/t20-,21?,22+,23-,24-,26+/m0/s1. The molecule has 0 bridgehead atoms. The number of nitrogens with zero attached hydrogens (tertiary/aromatic N) is 1. The second-order valence-electron chi connectivity index (χ2n) is 16.9. The summed E-state index contributed by atoms with van der Waals surface area (Å²) < 4.78 is 5.42. The number of piperidine rings is 1. The van der Waals surface area contributed by atoms with Gasteiger partial charge < -0.3 is 36.2 Å². The summed E-state index contributed by atoms with van der Waals surface area (Å²) in [6.45, 7) is 26.5. The molecule has 2 fully saturated rings. The van der Waals surface area contributed by atoms with Crippen LogP contribution in [0, 0.1) is 28.1 Å². The lowest BCUT2D eigenvalue weighted by Crippen LogP contribution is -2.62. The van der Waals surface area contributed by atoms with Gasteiger partial charge in [-0.05, 0) is 55.3 Å². The van der Waals surface area contributed by atoms with Gasteiger partial charge in [0.1, 0.15) is 18.7 Å². The Morgan fingerprint density at radius 1 is 0.938 bits per heavy atom.